The Balaban J connectivity index is 1.70. The lowest BCUT2D eigenvalue weighted by Crippen LogP contribution is -2.41. The first-order valence-corrected chi connectivity index (χ1v) is 12.9. The van der Waals surface area contributed by atoms with Crippen molar-refractivity contribution < 1.29 is 50.5 Å². The normalized spacial score (nSPS) is 16.9. The predicted octanol–water partition coefficient (Wildman–Crippen LogP) is 7.19. The molecule has 226 valence electrons. The van der Waals surface area contributed by atoms with E-state index in [0.717, 1.165) is 12.1 Å². The van der Waals surface area contributed by atoms with Gasteiger partial charge in [0, 0.05) is 16.1 Å². The SMILES string of the molecule is N#Cc1c(OCC(F)(F)F)ccc(-c2ccc(C(=O)N3C(C(=O)O)CCC3c3ccccc3Cl)cc2)c1OCC(F)(F)F. The second kappa shape index (κ2) is 12.4. The molecule has 7 nitrogen and oxygen atoms in total. The zero-order chi connectivity index (χ0) is 31.5. The third-order valence-corrected chi connectivity index (χ3v) is 6.96. The number of nitrogens with zero attached hydrogens (tertiary/aromatic N) is 2. The number of carbonyl (C=O) groups is 2. The van der Waals surface area contributed by atoms with E-state index >= 15 is 0 Å². The molecule has 1 amide bonds. The standard InChI is InChI=1S/C29H21ClF6N2O5/c30-21-4-2-1-3-19(21)22-10-11-23(27(40)41)38(22)26(39)17-7-5-16(6-8-17)18-9-12-24(42-14-28(31,32)33)20(13-37)25(18)43-15-29(34,35)36/h1-9,12,22-23H,10-11,14-15H2,(H,40,41). The van der Waals surface area contributed by atoms with Gasteiger partial charge in [-0.3, -0.25) is 4.79 Å². The van der Waals surface area contributed by atoms with Gasteiger partial charge in [-0.25, -0.2) is 4.79 Å². The Bertz CT molecular complexity index is 1550. The highest BCUT2D eigenvalue weighted by Crippen LogP contribution is 2.42. The molecule has 0 aliphatic carbocycles. The van der Waals surface area contributed by atoms with Crippen LogP contribution in [0.4, 0.5) is 26.3 Å². The van der Waals surface area contributed by atoms with Crippen molar-refractivity contribution in [3.63, 3.8) is 0 Å². The number of aliphatic carboxylic acids is 1. The maximum Gasteiger partial charge on any atom is 0.422 e. The van der Waals surface area contributed by atoms with Crippen LogP contribution in [-0.4, -0.2) is 53.5 Å². The molecule has 1 saturated heterocycles. The molecule has 0 radical (unpaired) electrons. The molecule has 2 atom stereocenters. The number of ether oxygens (including phenoxy) is 2. The number of hydrogen-bond donors (Lipinski definition) is 1. The molecular weight excluding hydrogens is 606 g/mol. The van der Waals surface area contributed by atoms with Gasteiger partial charge >= 0.3 is 18.3 Å². The van der Waals surface area contributed by atoms with Crippen LogP contribution in [0.25, 0.3) is 11.1 Å². The van der Waals surface area contributed by atoms with Gasteiger partial charge in [-0.1, -0.05) is 41.9 Å². The molecule has 1 aliphatic heterocycles. The summed E-state index contributed by atoms with van der Waals surface area (Å²) >= 11 is 6.33. The van der Waals surface area contributed by atoms with E-state index in [1.54, 1.807) is 30.3 Å². The van der Waals surface area contributed by atoms with Crippen molar-refractivity contribution in [2.24, 2.45) is 0 Å². The number of halogens is 7. The fraction of sp³-hybridized carbons (Fsp3) is 0.276. The summed E-state index contributed by atoms with van der Waals surface area (Å²) in [5.41, 5.74) is 0.0119. The Morgan fingerprint density at radius 1 is 0.930 bits per heavy atom. The van der Waals surface area contributed by atoms with Crippen LogP contribution >= 0.6 is 11.6 Å². The van der Waals surface area contributed by atoms with Gasteiger partial charge in [0.05, 0.1) is 6.04 Å². The Hall–Kier alpha value is -4.44. The van der Waals surface area contributed by atoms with Crippen LogP contribution in [0.2, 0.25) is 5.02 Å². The van der Waals surface area contributed by atoms with Gasteiger partial charge in [0.15, 0.2) is 13.2 Å². The van der Waals surface area contributed by atoms with E-state index in [1.807, 2.05) is 0 Å². The number of carboxylic acid groups (broad SMARTS) is 1. The molecule has 4 rings (SSSR count). The zero-order valence-corrected chi connectivity index (χ0v) is 22.6. The third kappa shape index (κ3) is 7.32. The summed E-state index contributed by atoms with van der Waals surface area (Å²) in [6, 6.07) is 13.9. The minimum atomic E-state index is -4.84. The summed E-state index contributed by atoms with van der Waals surface area (Å²) in [5.74, 6) is -3.14. The van der Waals surface area contributed by atoms with Crippen molar-refractivity contribution >= 4 is 23.5 Å². The number of likely N-dealkylation sites (tertiary alicyclic amines) is 1. The van der Waals surface area contributed by atoms with Crippen LogP contribution in [0.3, 0.4) is 0 Å². The van der Waals surface area contributed by atoms with Crippen molar-refractivity contribution in [2.75, 3.05) is 13.2 Å². The van der Waals surface area contributed by atoms with Gasteiger partial charge in [0.2, 0.25) is 0 Å². The molecule has 1 aliphatic rings. The number of rotatable bonds is 8. The lowest BCUT2D eigenvalue weighted by Gasteiger charge is -2.29. The zero-order valence-electron chi connectivity index (χ0n) is 21.9. The molecule has 2 unspecified atom stereocenters. The van der Waals surface area contributed by atoms with Crippen molar-refractivity contribution in [1.82, 2.24) is 4.90 Å². The lowest BCUT2D eigenvalue weighted by atomic mass is 9.99. The van der Waals surface area contributed by atoms with Gasteiger partial charge in [0.1, 0.15) is 29.2 Å². The van der Waals surface area contributed by atoms with Crippen molar-refractivity contribution in [3.05, 3.63) is 82.4 Å². The van der Waals surface area contributed by atoms with Crippen LogP contribution in [0.15, 0.2) is 60.7 Å². The van der Waals surface area contributed by atoms with Crippen molar-refractivity contribution in [3.8, 4) is 28.7 Å². The van der Waals surface area contributed by atoms with Crippen LogP contribution in [0.1, 0.15) is 40.4 Å². The fourth-order valence-corrected chi connectivity index (χ4v) is 5.07. The maximum absolute atomic E-state index is 13.6. The molecule has 0 bridgehead atoms. The molecule has 14 heteroatoms. The first-order chi connectivity index (χ1) is 20.2. The Kier molecular flexibility index (Phi) is 9.10. The molecule has 0 spiro atoms. The van der Waals surface area contributed by atoms with Crippen LogP contribution in [0.5, 0.6) is 11.5 Å². The smallest absolute Gasteiger partial charge is 0.422 e. The lowest BCUT2D eigenvalue weighted by molar-refractivity contribution is -0.154. The highest BCUT2D eigenvalue weighted by atomic mass is 35.5. The Labute approximate surface area is 245 Å². The maximum atomic E-state index is 13.6. The van der Waals surface area contributed by atoms with Gasteiger partial charge in [-0.2, -0.15) is 31.6 Å². The highest BCUT2D eigenvalue weighted by Gasteiger charge is 2.42. The van der Waals surface area contributed by atoms with E-state index in [-0.39, 0.29) is 23.1 Å². The molecule has 3 aromatic rings. The summed E-state index contributed by atoms with van der Waals surface area (Å²) in [4.78, 5) is 26.8. The van der Waals surface area contributed by atoms with Gasteiger partial charge < -0.3 is 19.5 Å². The number of carboxylic acids is 1. The quantitative estimate of drug-likeness (QED) is 0.266. The number of carbonyl (C=O) groups excluding carboxylic acids is 1. The summed E-state index contributed by atoms with van der Waals surface area (Å²) < 4.78 is 86.5. The molecule has 0 saturated carbocycles. The summed E-state index contributed by atoms with van der Waals surface area (Å²) in [6.45, 7) is -3.64. The third-order valence-electron chi connectivity index (χ3n) is 6.61. The second-order valence-corrected chi connectivity index (χ2v) is 9.90. The van der Waals surface area contributed by atoms with Crippen molar-refractivity contribution in [2.45, 2.75) is 37.3 Å². The van der Waals surface area contributed by atoms with E-state index < -0.39 is 66.6 Å². The first kappa shape index (κ1) is 31.5. The molecule has 43 heavy (non-hydrogen) atoms. The van der Waals surface area contributed by atoms with Crippen LogP contribution < -0.4 is 9.47 Å². The van der Waals surface area contributed by atoms with Crippen LogP contribution in [-0.2, 0) is 4.79 Å². The predicted molar refractivity (Wildman–Crippen MR) is 141 cm³/mol. The summed E-state index contributed by atoms with van der Waals surface area (Å²) in [6.07, 6.45) is -9.10. The van der Waals surface area contributed by atoms with E-state index in [1.165, 1.54) is 29.2 Å². The van der Waals surface area contributed by atoms with E-state index in [9.17, 15) is 46.3 Å². The van der Waals surface area contributed by atoms with Gasteiger partial charge in [0.25, 0.3) is 5.91 Å². The van der Waals surface area contributed by atoms with E-state index in [4.69, 9.17) is 16.3 Å². The molecular formula is C29H21ClF6N2O5. The fourth-order valence-electron chi connectivity index (χ4n) is 4.81. The minimum absolute atomic E-state index is 0.0531. The number of nitriles is 1. The van der Waals surface area contributed by atoms with Crippen LogP contribution in [0, 0.1) is 11.3 Å². The summed E-state index contributed by atoms with van der Waals surface area (Å²) in [7, 11) is 0. The Morgan fingerprint density at radius 2 is 1.56 bits per heavy atom. The minimum Gasteiger partial charge on any atom is -0.483 e. The molecule has 1 fully saturated rings. The molecule has 1 N–H and O–H groups in total. The molecule has 0 aromatic heterocycles. The van der Waals surface area contributed by atoms with E-state index in [2.05, 4.69) is 4.74 Å². The van der Waals surface area contributed by atoms with Crippen molar-refractivity contribution in [1.29, 1.82) is 5.26 Å². The molecule has 1 heterocycles. The number of hydrogen-bond acceptors (Lipinski definition) is 5. The number of benzene rings is 3. The largest absolute Gasteiger partial charge is 0.483 e. The number of amides is 1. The average Bonchev–Trinajstić information content (AvgIpc) is 3.39. The second-order valence-electron chi connectivity index (χ2n) is 9.49. The topological polar surface area (TPSA) is 99.9 Å². The van der Waals surface area contributed by atoms with E-state index in [0.29, 0.717) is 17.0 Å². The number of alkyl halides is 6. The molecule has 3 aromatic carbocycles. The Morgan fingerprint density at radius 3 is 2.14 bits per heavy atom. The monoisotopic (exact) mass is 626 g/mol. The highest BCUT2D eigenvalue weighted by molar-refractivity contribution is 6.31. The summed E-state index contributed by atoms with van der Waals surface area (Å²) in [5, 5.41) is 19.7. The van der Waals surface area contributed by atoms with Gasteiger partial charge in [-0.05, 0) is 54.3 Å². The van der Waals surface area contributed by atoms with Gasteiger partial charge in [-0.15, -0.1) is 0 Å². The first-order valence-electron chi connectivity index (χ1n) is 12.6. The average molecular weight is 627 g/mol.